The molecule has 2 aromatic rings. The summed E-state index contributed by atoms with van der Waals surface area (Å²) < 4.78 is 5.12. The zero-order valence-electron chi connectivity index (χ0n) is 10.00. The second kappa shape index (κ2) is 5.35. The molecule has 1 atom stereocenters. The van der Waals surface area contributed by atoms with Crippen LogP contribution >= 0.6 is 0 Å². The number of ether oxygens (including phenoxy) is 1. The highest BCUT2D eigenvalue weighted by atomic mass is 16.5. The number of benzene rings is 2. The highest BCUT2D eigenvalue weighted by molar-refractivity contribution is 5.39. The molecule has 1 N–H and O–H groups in total. The van der Waals surface area contributed by atoms with Gasteiger partial charge in [-0.1, -0.05) is 24.3 Å². The summed E-state index contributed by atoms with van der Waals surface area (Å²) >= 11 is 0. The lowest BCUT2D eigenvalue weighted by Gasteiger charge is -2.12. The third kappa shape index (κ3) is 2.50. The third-order valence-electron chi connectivity index (χ3n) is 2.74. The summed E-state index contributed by atoms with van der Waals surface area (Å²) in [5.41, 5.74) is 1.97. The Morgan fingerprint density at radius 2 is 1.78 bits per heavy atom. The molecule has 0 amide bonds. The van der Waals surface area contributed by atoms with Gasteiger partial charge in [-0.2, -0.15) is 5.26 Å². The molecule has 90 valence electrons. The van der Waals surface area contributed by atoms with Crippen molar-refractivity contribution in [3.8, 4) is 11.8 Å². The first-order chi connectivity index (χ1) is 8.74. The first-order valence-corrected chi connectivity index (χ1v) is 5.56. The van der Waals surface area contributed by atoms with Crippen molar-refractivity contribution < 1.29 is 9.84 Å². The van der Waals surface area contributed by atoms with E-state index >= 15 is 0 Å². The van der Waals surface area contributed by atoms with E-state index in [1.54, 1.807) is 37.4 Å². The molecule has 0 saturated heterocycles. The fraction of sp³-hybridized carbons (Fsp3) is 0.133. The van der Waals surface area contributed by atoms with Crippen molar-refractivity contribution in [3.63, 3.8) is 0 Å². The fourth-order valence-electron chi connectivity index (χ4n) is 1.78. The molecule has 0 saturated carbocycles. The minimum Gasteiger partial charge on any atom is -0.497 e. The summed E-state index contributed by atoms with van der Waals surface area (Å²) in [4.78, 5) is 0. The largest absolute Gasteiger partial charge is 0.497 e. The van der Waals surface area contributed by atoms with Gasteiger partial charge in [0.15, 0.2) is 0 Å². The number of rotatable bonds is 3. The van der Waals surface area contributed by atoms with E-state index in [1.807, 2.05) is 18.2 Å². The Balaban J connectivity index is 2.35. The first-order valence-electron chi connectivity index (χ1n) is 5.56. The lowest BCUT2D eigenvalue weighted by atomic mass is 10.00. The second-order valence-electron chi connectivity index (χ2n) is 3.92. The molecule has 0 spiro atoms. The third-order valence-corrected chi connectivity index (χ3v) is 2.74. The molecule has 3 heteroatoms. The number of methoxy groups -OCH3 is 1. The number of hydrogen-bond acceptors (Lipinski definition) is 3. The van der Waals surface area contributed by atoms with Gasteiger partial charge in [-0.25, -0.2) is 0 Å². The number of nitriles is 1. The van der Waals surface area contributed by atoms with E-state index in [4.69, 9.17) is 10.00 Å². The van der Waals surface area contributed by atoms with Crippen LogP contribution in [0, 0.1) is 11.3 Å². The number of aliphatic hydroxyl groups is 1. The average molecular weight is 239 g/mol. The normalized spacial score (nSPS) is 11.6. The summed E-state index contributed by atoms with van der Waals surface area (Å²) in [6.07, 6.45) is -0.756. The van der Waals surface area contributed by atoms with Gasteiger partial charge < -0.3 is 9.84 Å². The Labute approximate surface area is 106 Å². The van der Waals surface area contributed by atoms with Gasteiger partial charge in [0.1, 0.15) is 11.9 Å². The molecule has 2 rings (SSSR count). The van der Waals surface area contributed by atoms with E-state index in [2.05, 4.69) is 6.07 Å². The summed E-state index contributed by atoms with van der Waals surface area (Å²) in [6, 6.07) is 16.3. The van der Waals surface area contributed by atoms with E-state index in [-0.39, 0.29) is 0 Å². The minimum absolute atomic E-state index is 0.537. The molecule has 0 radical (unpaired) electrons. The van der Waals surface area contributed by atoms with Gasteiger partial charge in [-0.3, -0.25) is 0 Å². The molecule has 0 aliphatic heterocycles. The van der Waals surface area contributed by atoms with Crippen LogP contribution in [-0.4, -0.2) is 12.2 Å². The monoisotopic (exact) mass is 239 g/mol. The molecule has 18 heavy (non-hydrogen) atoms. The quantitative estimate of drug-likeness (QED) is 0.895. The smallest absolute Gasteiger partial charge is 0.119 e. The molecule has 0 bridgehead atoms. The Morgan fingerprint density at radius 3 is 2.44 bits per heavy atom. The molecule has 0 fully saturated rings. The highest BCUT2D eigenvalue weighted by Gasteiger charge is 2.11. The van der Waals surface area contributed by atoms with Crippen molar-refractivity contribution in [3.05, 3.63) is 65.2 Å². The van der Waals surface area contributed by atoms with Crippen molar-refractivity contribution in [1.29, 1.82) is 5.26 Å². The van der Waals surface area contributed by atoms with Crippen molar-refractivity contribution in [2.45, 2.75) is 6.10 Å². The van der Waals surface area contributed by atoms with Crippen LogP contribution in [0.25, 0.3) is 0 Å². The summed E-state index contributed by atoms with van der Waals surface area (Å²) in [5, 5.41) is 19.1. The highest BCUT2D eigenvalue weighted by Crippen LogP contribution is 2.25. The summed E-state index contributed by atoms with van der Waals surface area (Å²) in [5.74, 6) is 0.697. The minimum atomic E-state index is -0.756. The molecular weight excluding hydrogens is 226 g/mol. The summed E-state index contributed by atoms with van der Waals surface area (Å²) in [6.45, 7) is 0. The predicted octanol–water partition coefficient (Wildman–Crippen LogP) is 2.65. The predicted molar refractivity (Wildman–Crippen MR) is 68.2 cm³/mol. The zero-order chi connectivity index (χ0) is 13.0. The van der Waals surface area contributed by atoms with Crippen LogP contribution in [0.1, 0.15) is 22.8 Å². The average Bonchev–Trinajstić information content (AvgIpc) is 2.46. The molecular formula is C15H13NO2. The van der Waals surface area contributed by atoms with Crippen LogP contribution in [0.15, 0.2) is 48.5 Å². The van der Waals surface area contributed by atoms with Gasteiger partial charge in [-0.05, 0) is 35.4 Å². The van der Waals surface area contributed by atoms with Crippen molar-refractivity contribution >= 4 is 0 Å². The van der Waals surface area contributed by atoms with E-state index in [9.17, 15) is 5.11 Å². The Bertz CT molecular complexity index is 587. The van der Waals surface area contributed by atoms with Gasteiger partial charge in [0, 0.05) is 0 Å². The van der Waals surface area contributed by atoms with Crippen LogP contribution in [0.3, 0.4) is 0 Å². The Morgan fingerprint density at radius 1 is 1.11 bits per heavy atom. The van der Waals surface area contributed by atoms with Crippen LogP contribution < -0.4 is 4.74 Å². The molecule has 0 heterocycles. The number of nitrogens with zero attached hydrogens (tertiary/aromatic N) is 1. The van der Waals surface area contributed by atoms with Gasteiger partial charge in [0.25, 0.3) is 0 Å². The number of hydrogen-bond donors (Lipinski definition) is 1. The van der Waals surface area contributed by atoms with Crippen LogP contribution in [0.2, 0.25) is 0 Å². The Hall–Kier alpha value is -2.31. The summed E-state index contributed by atoms with van der Waals surface area (Å²) in [7, 11) is 1.59. The van der Waals surface area contributed by atoms with Gasteiger partial charge >= 0.3 is 0 Å². The molecule has 2 aromatic carbocycles. The van der Waals surface area contributed by atoms with E-state index in [0.717, 1.165) is 5.56 Å². The first kappa shape index (κ1) is 12.2. The fourth-order valence-corrected chi connectivity index (χ4v) is 1.78. The molecule has 1 unspecified atom stereocenters. The lowest BCUT2D eigenvalue weighted by molar-refractivity contribution is 0.219. The van der Waals surface area contributed by atoms with E-state index in [1.165, 1.54) is 0 Å². The standard InChI is InChI=1S/C15H13NO2/c1-18-14-7-3-6-13(9-14)15(17)12-5-2-4-11(8-12)10-16/h2-9,15,17H,1H3. The van der Waals surface area contributed by atoms with Crippen molar-refractivity contribution in [1.82, 2.24) is 0 Å². The molecule has 0 aliphatic rings. The molecule has 0 aliphatic carbocycles. The molecule has 0 aromatic heterocycles. The maximum absolute atomic E-state index is 10.3. The van der Waals surface area contributed by atoms with E-state index < -0.39 is 6.10 Å². The number of aliphatic hydroxyl groups excluding tert-OH is 1. The van der Waals surface area contributed by atoms with Crippen LogP contribution in [0.4, 0.5) is 0 Å². The zero-order valence-corrected chi connectivity index (χ0v) is 10.00. The van der Waals surface area contributed by atoms with Gasteiger partial charge in [0.2, 0.25) is 0 Å². The van der Waals surface area contributed by atoms with Crippen LogP contribution in [-0.2, 0) is 0 Å². The lowest BCUT2D eigenvalue weighted by Crippen LogP contribution is -2.00. The van der Waals surface area contributed by atoms with Crippen LogP contribution in [0.5, 0.6) is 5.75 Å². The van der Waals surface area contributed by atoms with Crippen molar-refractivity contribution in [2.75, 3.05) is 7.11 Å². The Kier molecular flexibility index (Phi) is 3.61. The molecule has 3 nitrogen and oxygen atoms in total. The van der Waals surface area contributed by atoms with Gasteiger partial charge in [-0.15, -0.1) is 0 Å². The SMILES string of the molecule is COc1cccc(C(O)c2cccc(C#N)c2)c1. The maximum Gasteiger partial charge on any atom is 0.119 e. The van der Waals surface area contributed by atoms with Crippen molar-refractivity contribution in [2.24, 2.45) is 0 Å². The van der Waals surface area contributed by atoms with Gasteiger partial charge in [0.05, 0.1) is 18.7 Å². The maximum atomic E-state index is 10.3. The topological polar surface area (TPSA) is 53.2 Å². The van der Waals surface area contributed by atoms with E-state index in [0.29, 0.717) is 16.9 Å². The second-order valence-corrected chi connectivity index (χ2v) is 3.92.